The van der Waals surface area contributed by atoms with Gasteiger partial charge in [-0.25, -0.2) is 0 Å². The zero-order valence-corrected chi connectivity index (χ0v) is 21.7. The minimum Gasteiger partial charge on any atom is -0.491 e. The maximum absolute atomic E-state index is 13.6. The van der Waals surface area contributed by atoms with Crippen LogP contribution < -0.4 is 4.74 Å². The second kappa shape index (κ2) is 11.2. The topological polar surface area (TPSA) is 49.9 Å². The van der Waals surface area contributed by atoms with Gasteiger partial charge in [0.05, 0.1) is 10.9 Å². The third kappa shape index (κ3) is 5.88. The molecule has 0 fully saturated rings. The second-order valence-electron chi connectivity index (χ2n) is 9.16. The van der Waals surface area contributed by atoms with Crippen molar-refractivity contribution in [3.63, 3.8) is 0 Å². The van der Waals surface area contributed by atoms with E-state index < -0.39 is 0 Å². The summed E-state index contributed by atoms with van der Waals surface area (Å²) < 4.78 is 6.13. The summed E-state index contributed by atoms with van der Waals surface area (Å²) in [5.74, 6) is 1.16. The molecule has 0 saturated carbocycles. The smallest absolute Gasteiger partial charge is 0.264 e. The third-order valence-electron chi connectivity index (χ3n) is 6.17. The Morgan fingerprint density at radius 1 is 1.12 bits per heavy atom. The largest absolute Gasteiger partial charge is 0.491 e. The Kier molecular flexibility index (Phi) is 8.06. The zero-order chi connectivity index (χ0) is 24.1. The fraction of sp³-hybridized carbons (Fsp3) is 0.407. The maximum Gasteiger partial charge on any atom is 0.264 e. The normalized spacial score (nSPS) is 15.3. The van der Waals surface area contributed by atoms with Gasteiger partial charge >= 0.3 is 0 Å². The Labute approximate surface area is 210 Å². The van der Waals surface area contributed by atoms with Crippen molar-refractivity contribution in [3.8, 4) is 5.75 Å². The van der Waals surface area contributed by atoms with Gasteiger partial charge in [0.15, 0.2) is 0 Å². The van der Waals surface area contributed by atoms with E-state index in [1.807, 2.05) is 53.6 Å². The zero-order valence-electron chi connectivity index (χ0n) is 20.0. The van der Waals surface area contributed by atoms with E-state index in [2.05, 4.69) is 25.3 Å². The van der Waals surface area contributed by atoms with Crippen LogP contribution in [0.25, 0.3) is 0 Å². The van der Waals surface area contributed by atoms with E-state index in [9.17, 15) is 9.59 Å². The number of carbonyl (C=O) groups is 2. The number of benzene rings is 1. The molecule has 0 radical (unpaired) electrons. The van der Waals surface area contributed by atoms with Crippen LogP contribution in [-0.4, -0.2) is 47.9 Å². The summed E-state index contributed by atoms with van der Waals surface area (Å²) >= 11 is 3.16. The average molecular weight is 497 g/mol. The molecule has 0 spiro atoms. The van der Waals surface area contributed by atoms with E-state index in [0.717, 1.165) is 24.2 Å². The molecule has 4 rings (SSSR count). The van der Waals surface area contributed by atoms with E-state index in [-0.39, 0.29) is 24.4 Å². The Morgan fingerprint density at radius 3 is 2.62 bits per heavy atom. The molecule has 3 aromatic rings. The summed E-state index contributed by atoms with van der Waals surface area (Å²) in [6, 6.07) is 13.6. The summed E-state index contributed by atoms with van der Waals surface area (Å²) in [7, 11) is 0. The lowest BCUT2D eigenvalue weighted by Crippen LogP contribution is -2.48. The molecule has 2 aromatic heterocycles. The molecule has 1 aliphatic rings. The molecule has 2 amide bonds. The van der Waals surface area contributed by atoms with E-state index >= 15 is 0 Å². The van der Waals surface area contributed by atoms with Crippen molar-refractivity contribution >= 4 is 34.5 Å². The monoisotopic (exact) mass is 496 g/mol. The molecule has 3 heterocycles. The first-order valence-corrected chi connectivity index (χ1v) is 13.6. The van der Waals surface area contributed by atoms with Gasteiger partial charge in [0, 0.05) is 18.0 Å². The molecule has 0 N–H and O–H groups in total. The quantitative estimate of drug-likeness (QED) is 0.376. The van der Waals surface area contributed by atoms with Gasteiger partial charge in [0.25, 0.3) is 5.91 Å². The number of fused-ring (bicyclic) bond motifs is 1. The van der Waals surface area contributed by atoms with Crippen LogP contribution in [0.1, 0.15) is 52.0 Å². The summed E-state index contributed by atoms with van der Waals surface area (Å²) in [6.07, 6.45) is 1.70. The first-order valence-electron chi connectivity index (χ1n) is 11.8. The van der Waals surface area contributed by atoms with Crippen LogP contribution in [0.15, 0.2) is 53.2 Å². The molecule has 1 aromatic carbocycles. The van der Waals surface area contributed by atoms with Crippen LogP contribution in [0.3, 0.4) is 0 Å². The van der Waals surface area contributed by atoms with Gasteiger partial charge < -0.3 is 14.5 Å². The molecule has 0 aliphatic carbocycles. The fourth-order valence-corrected chi connectivity index (χ4v) is 5.78. The van der Waals surface area contributed by atoms with Crippen LogP contribution in [-0.2, 0) is 11.2 Å². The lowest BCUT2D eigenvalue weighted by molar-refractivity contribution is -0.135. The SMILES string of the molecule is Cc1ccc(OC[C@@H]2c3ccsc3CCN2C(=O)CN(CCC(C)C)C(=O)c2cccs2)cc1. The summed E-state index contributed by atoms with van der Waals surface area (Å²) in [5, 5.41) is 3.99. The van der Waals surface area contributed by atoms with Crippen molar-refractivity contribution in [2.75, 3.05) is 26.2 Å². The minimum atomic E-state index is -0.160. The van der Waals surface area contributed by atoms with Crippen molar-refractivity contribution in [3.05, 3.63) is 74.1 Å². The molecule has 0 saturated heterocycles. The van der Waals surface area contributed by atoms with Crippen molar-refractivity contribution in [1.82, 2.24) is 9.80 Å². The highest BCUT2D eigenvalue weighted by atomic mass is 32.1. The molecular formula is C27H32N2O3S2. The van der Waals surface area contributed by atoms with Crippen molar-refractivity contribution in [1.29, 1.82) is 0 Å². The highest BCUT2D eigenvalue weighted by Crippen LogP contribution is 2.34. The van der Waals surface area contributed by atoms with E-state index in [1.165, 1.54) is 21.8 Å². The summed E-state index contributed by atoms with van der Waals surface area (Å²) in [5.41, 5.74) is 2.34. The number of carbonyl (C=O) groups excluding carboxylic acids is 2. The predicted octanol–water partition coefficient (Wildman–Crippen LogP) is 5.81. The number of rotatable bonds is 9. The predicted molar refractivity (Wildman–Crippen MR) is 139 cm³/mol. The summed E-state index contributed by atoms with van der Waals surface area (Å²) in [6.45, 7) is 8.01. The Morgan fingerprint density at radius 2 is 1.91 bits per heavy atom. The first-order chi connectivity index (χ1) is 16.4. The highest BCUT2D eigenvalue weighted by Gasteiger charge is 2.33. The van der Waals surface area contributed by atoms with Gasteiger partial charge in [0.1, 0.15) is 18.9 Å². The summed E-state index contributed by atoms with van der Waals surface area (Å²) in [4.78, 5) is 32.4. The van der Waals surface area contributed by atoms with Crippen molar-refractivity contribution < 1.29 is 14.3 Å². The standard InChI is InChI=1S/C27H32N2O3S2/c1-19(2)10-13-28(27(31)25-5-4-15-33-25)17-26(30)29-14-11-24-22(12-16-34-24)23(29)18-32-21-8-6-20(3)7-9-21/h4-9,12,15-16,19,23H,10-11,13-14,17-18H2,1-3H3/t23-/m1/s1. The number of hydrogen-bond acceptors (Lipinski definition) is 5. The number of aryl methyl sites for hydroxylation is 1. The van der Waals surface area contributed by atoms with Crippen molar-refractivity contribution in [2.45, 2.75) is 39.7 Å². The molecule has 34 heavy (non-hydrogen) atoms. The molecule has 0 unspecified atom stereocenters. The first kappa shape index (κ1) is 24.5. The van der Waals surface area contributed by atoms with E-state index in [1.54, 1.807) is 16.2 Å². The lowest BCUT2D eigenvalue weighted by Gasteiger charge is -2.37. The fourth-order valence-electron chi connectivity index (χ4n) is 4.16. The molecule has 180 valence electrons. The number of amides is 2. The minimum absolute atomic E-state index is 0.0250. The number of nitrogens with zero attached hydrogens (tertiary/aromatic N) is 2. The van der Waals surface area contributed by atoms with Gasteiger partial charge in [-0.1, -0.05) is 37.6 Å². The molecule has 0 bridgehead atoms. The second-order valence-corrected chi connectivity index (χ2v) is 11.1. The molecule has 5 nitrogen and oxygen atoms in total. The number of hydrogen-bond donors (Lipinski definition) is 0. The Bertz CT molecular complexity index is 1090. The Hall–Kier alpha value is -2.64. The molecule has 1 aliphatic heterocycles. The van der Waals surface area contributed by atoms with Crippen LogP contribution >= 0.6 is 22.7 Å². The number of thiophene rings is 2. The van der Waals surface area contributed by atoms with Gasteiger partial charge in [-0.2, -0.15) is 0 Å². The lowest BCUT2D eigenvalue weighted by atomic mass is 10.00. The molecule has 1 atom stereocenters. The van der Waals surface area contributed by atoms with Gasteiger partial charge in [0.2, 0.25) is 5.91 Å². The third-order valence-corrected chi connectivity index (χ3v) is 8.02. The van der Waals surface area contributed by atoms with Gasteiger partial charge in [-0.15, -0.1) is 22.7 Å². The highest BCUT2D eigenvalue weighted by molar-refractivity contribution is 7.12. The molecular weight excluding hydrogens is 464 g/mol. The average Bonchev–Trinajstić information content (AvgIpc) is 3.53. The van der Waals surface area contributed by atoms with Crippen LogP contribution in [0.5, 0.6) is 5.75 Å². The maximum atomic E-state index is 13.6. The van der Waals surface area contributed by atoms with E-state index in [0.29, 0.717) is 30.5 Å². The van der Waals surface area contributed by atoms with Gasteiger partial charge in [-0.05, 0) is 66.3 Å². The van der Waals surface area contributed by atoms with Crippen LogP contribution in [0.4, 0.5) is 0 Å². The molecule has 7 heteroatoms. The van der Waals surface area contributed by atoms with Crippen LogP contribution in [0.2, 0.25) is 0 Å². The van der Waals surface area contributed by atoms with Gasteiger partial charge in [-0.3, -0.25) is 9.59 Å². The Balaban J connectivity index is 1.51. The van der Waals surface area contributed by atoms with E-state index in [4.69, 9.17) is 4.74 Å². The van der Waals surface area contributed by atoms with Crippen LogP contribution in [0, 0.1) is 12.8 Å². The number of ether oxygens (including phenoxy) is 1. The van der Waals surface area contributed by atoms with Crippen molar-refractivity contribution in [2.24, 2.45) is 5.92 Å².